The second-order valence-electron chi connectivity index (χ2n) is 8.94. The highest BCUT2D eigenvalue weighted by Gasteiger charge is 2.23. The third-order valence-corrected chi connectivity index (χ3v) is 7.97. The smallest absolute Gasteiger partial charge is 0.259 e. The molecule has 0 bridgehead atoms. The number of ether oxygens (including phenoxy) is 1. The van der Waals surface area contributed by atoms with E-state index in [1.54, 1.807) is 32.4 Å². The monoisotopic (exact) mass is 500 g/mol. The van der Waals surface area contributed by atoms with Gasteiger partial charge in [0.05, 0.1) is 18.6 Å². The van der Waals surface area contributed by atoms with E-state index in [1.807, 2.05) is 0 Å². The summed E-state index contributed by atoms with van der Waals surface area (Å²) in [5, 5.41) is 17.8. The van der Waals surface area contributed by atoms with Crippen molar-refractivity contribution in [2.75, 3.05) is 7.11 Å². The van der Waals surface area contributed by atoms with Gasteiger partial charge in [-0.25, -0.2) is 9.35 Å². The van der Waals surface area contributed by atoms with E-state index in [9.17, 15) is 14.1 Å². The highest BCUT2D eigenvalue weighted by atomic mass is 32.2. The predicted molar refractivity (Wildman–Crippen MR) is 137 cm³/mol. The highest BCUT2D eigenvalue weighted by Crippen LogP contribution is 2.31. The Bertz CT molecular complexity index is 1030. The Balaban J connectivity index is 0.00000512. The SMILES string of the molecule is COCc1cc(C(C)C)c(CC(=O)N=S(N)(=O)c2cc(C(C)(C)O)cs2)c(C(C)C)c1.S. The maximum Gasteiger partial charge on any atom is 0.259 e. The molecular weight excluding hydrogens is 464 g/mol. The molecule has 6 nitrogen and oxygen atoms in total. The summed E-state index contributed by atoms with van der Waals surface area (Å²) in [6.07, 6.45) is 0.0339. The van der Waals surface area contributed by atoms with E-state index < -0.39 is 21.4 Å². The van der Waals surface area contributed by atoms with Crippen LogP contribution in [0, 0.1) is 0 Å². The lowest BCUT2D eigenvalue weighted by atomic mass is 9.85. The third kappa shape index (κ3) is 7.13. The molecule has 1 aromatic heterocycles. The summed E-state index contributed by atoms with van der Waals surface area (Å²) in [5.41, 5.74) is 3.60. The molecule has 3 N–H and O–H groups in total. The zero-order valence-electron chi connectivity index (χ0n) is 19.9. The van der Waals surface area contributed by atoms with E-state index in [-0.39, 0.29) is 36.0 Å². The molecule has 0 fully saturated rings. The quantitative estimate of drug-likeness (QED) is 0.535. The fourth-order valence-electron chi connectivity index (χ4n) is 3.44. The molecule has 1 amide bonds. The molecular formula is C23H36N2O4S3. The summed E-state index contributed by atoms with van der Waals surface area (Å²) in [7, 11) is -1.73. The van der Waals surface area contributed by atoms with Gasteiger partial charge in [0.2, 0.25) is 0 Å². The number of carbonyl (C=O) groups excluding carboxylic acids is 1. The average Bonchev–Trinajstić information content (AvgIpc) is 3.13. The Kier molecular flexibility index (Phi) is 10.1. The number of carbonyl (C=O) groups is 1. The number of hydrogen-bond acceptors (Lipinski definition) is 5. The lowest BCUT2D eigenvalue weighted by Crippen LogP contribution is -2.17. The standard InChI is InChI=1S/C23H34N2O4S2.H2S/c1-14(2)18-8-16(12-29-7)9-19(15(3)4)20(18)11-21(26)25-31(24,28)22-10-17(13-30-22)23(5,6)27;/h8-10,13-15,27H,11-12H2,1-7H3,(H2,24,25,26,28);1H2. The van der Waals surface area contributed by atoms with Crippen molar-refractivity contribution in [2.24, 2.45) is 9.50 Å². The van der Waals surface area contributed by atoms with Gasteiger partial charge in [-0.1, -0.05) is 39.8 Å². The summed E-state index contributed by atoms with van der Waals surface area (Å²) < 4.78 is 22.5. The molecule has 32 heavy (non-hydrogen) atoms. The molecule has 0 aliphatic carbocycles. The van der Waals surface area contributed by atoms with Crippen LogP contribution in [-0.2, 0) is 38.1 Å². The second-order valence-corrected chi connectivity index (χ2v) is 11.9. The van der Waals surface area contributed by atoms with Crippen LogP contribution in [-0.4, -0.2) is 22.3 Å². The number of amides is 1. The molecule has 0 spiro atoms. The molecule has 0 saturated carbocycles. The summed E-state index contributed by atoms with van der Waals surface area (Å²) in [6.45, 7) is 12.1. The number of nitrogens with two attached hydrogens (primary N) is 1. The van der Waals surface area contributed by atoms with Gasteiger partial charge in [-0.15, -0.1) is 15.7 Å². The van der Waals surface area contributed by atoms with Crippen LogP contribution in [0.2, 0.25) is 0 Å². The summed E-state index contributed by atoms with van der Waals surface area (Å²) in [4.78, 5) is 12.9. The first kappa shape index (κ1) is 28.8. The molecule has 0 aliphatic heterocycles. The highest BCUT2D eigenvalue weighted by molar-refractivity contribution is 7.93. The first-order valence-corrected chi connectivity index (χ1v) is 12.8. The van der Waals surface area contributed by atoms with Gasteiger partial charge >= 0.3 is 0 Å². The zero-order valence-corrected chi connectivity index (χ0v) is 22.5. The molecule has 0 saturated heterocycles. The van der Waals surface area contributed by atoms with Crippen molar-refractivity contribution in [2.45, 2.75) is 76.2 Å². The Hall–Kier alpha value is -1.23. The largest absolute Gasteiger partial charge is 0.386 e. The van der Waals surface area contributed by atoms with Crippen molar-refractivity contribution in [3.05, 3.63) is 51.4 Å². The molecule has 2 rings (SSSR count). The molecule has 0 aliphatic rings. The number of hydrogen-bond donors (Lipinski definition) is 2. The predicted octanol–water partition coefficient (Wildman–Crippen LogP) is 4.95. The average molecular weight is 501 g/mol. The third-order valence-electron chi connectivity index (χ3n) is 5.07. The van der Waals surface area contributed by atoms with Crippen LogP contribution in [0.3, 0.4) is 0 Å². The molecule has 1 aromatic carbocycles. The van der Waals surface area contributed by atoms with Crippen molar-refractivity contribution in [3.8, 4) is 0 Å². The fraction of sp³-hybridized carbons (Fsp3) is 0.522. The lowest BCUT2D eigenvalue weighted by Gasteiger charge is -2.21. The maximum absolute atomic E-state index is 13.0. The first-order valence-electron chi connectivity index (χ1n) is 10.3. The summed E-state index contributed by atoms with van der Waals surface area (Å²) >= 11 is 1.13. The second kappa shape index (κ2) is 11.3. The fourth-order valence-corrected chi connectivity index (χ4v) is 5.79. The molecule has 2 aromatic rings. The summed E-state index contributed by atoms with van der Waals surface area (Å²) in [5.74, 6) is -0.119. The normalized spacial score (nSPS) is 13.7. The number of methoxy groups -OCH3 is 1. The molecule has 1 unspecified atom stereocenters. The van der Waals surface area contributed by atoms with Gasteiger partial charge in [0.15, 0.2) is 9.92 Å². The Labute approximate surface area is 203 Å². The molecule has 1 atom stereocenters. The molecule has 0 radical (unpaired) electrons. The van der Waals surface area contributed by atoms with Crippen molar-refractivity contribution >= 4 is 40.7 Å². The van der Waals surface area contributed by atoms with Crippen LogP contribution >= 0.6 is 24.8 Å². The van der Waals surface area contributed by atoms with Crippen LogP contribution in [0.4, 0.5) is 0 Å². The van der Waals surface area contributed by atoms with E-state index >= 15 is 0 Å². The first-order chi connectivity index (χ1) is 14.3. The van der Waals surface area contributed by atoms with E-state index in [0.717, 1.165) is 33.6 Å². The van der Waals surface area contributed by atoms with Gasteiger partial charge in [-0.2, -0.15) is 13.5 Å². The molecule has 180 valence electrons. The van der Waals surface area contributed by atoms with Crippen LogP contribution in [0.25, 0.3) is 0 Å². The minimum Gasteiger partial charge on any atom is -0.386 e. The van der Waals surface area contributed by atoms with Crippen LogP contribution in [0.1, 0.15) is 81.2 Å². The van der Waals surface area contributed by atoms with Crippen LogP contribution < -0.4 is 5.14 Å². The number of aliphatic hydroxyl groups is 1. The van der Waals surface area contributed by atoms with Crippen LogP contribution in [0.5, 0.6) is 0 Å². The van der Waals surface area contributed by atoms with Crippen molar-refractivity contribution < 1.29 is 18.8 Å². The Morgan fingerprint density at radius 3 is 2.12 bits per heavy atom. The lowest BCUT2D eigenvalue weighted by molar-refractivity contribution is -0.117. The van der Waals surface area contributed by atoms with Gasteiger partial charge in [-0.3, -0.25) is 4.79 Å². The van der Waals surface area contributed by atoms with Gasteiger partial charge in [-0.05, 0) is 64.9 Å². The van der Waals surface area contributed by atoms with Crippen molar-refractivity contribution in [3.63, 3.8) is 0 Å². The van der Waals surface area contributed by atoms with E-state index in [4.69, 9.17) is 9.88 Å². The number of benzene rings is 1. The van der Waals surface area contributed by atoms with Gasteiger partial charge < -0.3 is 9.84 Å². The van der Waals surface area contributed by atoms with Crippen molar-refractivity contribution in [1.82, 2.24) is 0 Å². The summed E-state index contributed by atoms with van der Waals surface area (Å²) in [6, 6.07) is 5.69. The molecule has 1 heterocycles. The van der Waals surface area contributed by atoms with Crippen LogP contribution in [0.15, 0.2) is 32.2 Å². The van der Waals surface area contributed by atoms with Gasteiger partial charge in [0, 0.05) is 7.11 Å². The van der Waals surface area contributed by atoms with E-state index in [2.05, 4.69) is 44.2 Å². The van der Waals surface area contributed by atoms with Gasteiger partial charge in [0.25, 0.3) is 5.91 Å². The van der Waals surface area contributed by atoms with E-state index in [0.29, 0.717) is 12.2 Å². The van der Waals surface area contributed by atoms with Gasteiger partial charge in [0.1, 0.15) is 4.21 Å². The number of rotatable bonds is 8. The Morgan fingerprint density at radius 2 is 1.72 bits per heavy atom. The minimum absolute atomic E-state index is 0. The zero-order chi connectivity index (χ0) is 23.6. The molecule has 9 heteroatoms. The van der Waals surface area contributed by atoms with Crippen molar-refractivity contribution in [1.29, 1.82) is 0 Å². The number of thiophene rings is 1. The van der Waals surface area contributed by atoms with E-state index in [1.165, 1.54) is 0 Å². The minimum atomic E-state index is -3.39. The maximum atomic E-state index is 13.0. The number of nitrogens with zero attached hydrogens (tertiary/aromatic N) is 1. The Morgan fingerprint density at radius 1 is 1.19 bits per heavy atom. The topological polar surface area (TPSA) is 102 Å².